The van der Waals surface area contributed by atoms with Crippen LogP contribution in [0.25, 0.3) is 0 Å². The molecule has 1 saturated carbocycles. The summed E-state index contributed by atoms with van der Waals surface area (Å²) in [4.78, 5) is 11.4. The summed E-state index contributed by atoms with van der Waals surface area (Å²) >= 11 is 0. The van der Waals surface area contributed by atoms with Gasteiger partial charge < -0.3 is 10.6 Å². The molecule has 1 aliphatic carbocycles. The van der Waals surface area contributed by atoms with E-state index >= 15 is 0 Å². The van der Waals surface area contributed by atoms with Gasteiger partial charge in [0.1, 0.15) is 4.90 Å². The minimum Gasteiger partial charge on any atom is -0.382 e. The summed E-state index contributed by atoms with van der Waals surface area (Å²) in [6.07, 6.45) is 3.13. The standard InChI is InChI=1S/C14H19N3O3S/c18-14-8-7-11(16-14)9-15-12-3-1-2-4-13(12)21(19,20)17-10-5-6-10/h1-4,10-11,15,17H,5-9H2,(H,16,18). The number of hydrogen-bond acceptors (Lipinski definition) is 4. The molecule has 1 heterocycles. The Kier molecular flexibility index (Phi) is 3.86. The van der Waals surface area contributed by atoms with Gasteiger partial charge in [0, 0.05) is 25.0 Å². The first-order chi connectivity index (χ1) is 10.0. The highest BCUT2D eigenvalue weighted by molar-refractivity contribution is 7.89. The van der Waals surface area contributed by atoms with Crippen molar-refractivity contribution in [2.75, 3.05) is 11.9 Å². The van der Waals surface area contributed by atoms with Gasteiger partial charge in [0.2, 0.25) is 15.9 Å². The molecule has 114 valence electrons. The van der Waals surface area contributed by atoms with E-state index in [0.717, 1.165) is 19.3 Å². The van der Waals surface area contributed by atoms with E-state index in [4.69, 9.17) is 0 Å². The Labute approximate surface area is 124 Å². The van der Waals surface area contributed by atoms with Crippen LogP contribution in [0.15, 0.2) is 29.2 Å². The molecule has 2 fully saturated rings. The zero-order valence-electron chi connectivity index (χ0n) is 11.6. The van der Waals surface area contributed by atoms with Crippen LogP contribution in [0.1, 0.15) is 25.7 Å². The maximum Gasteiger partial charge on any atom is 0.242 e. The zero-order chi connectivity index (χ0) is 14.9. The van der Waals surface area contributed by atoms with E-state index < -0.39 is 10.0 Å². The van der Waals surface area contributed by atoms with Gasteiger partial charge >= 0.3 is 0 Å². The minimum absolute atomic E-state index is 0.0538. The van der Waals surface area contributed by atoms with E-state index in [-0.39, 0.29) is 22.9 Å². The molecule has 1 aromatic rings. The largest absolute Gasteiger partial charge is 0.382 e. The van der Waals surface area contributed by atoms with Crippen molar-refractivity contribution in [3.63, 3.8) is 0 Å². The molecule has 1 atom stereocenters. The second-order valence-corrected chi connectivity index (χ2v) is 7.26. The van der Waals surface area contributed by atoms with Gasteiger partial charge in [0.25, 0.3) is 0 Å². The molecule has 3 N–H and O–H groups in total. The molecule has 1 aliphatic heterocycles. The number of hydrogen-bond donors (Lipinski definition) is 3. The van der Waals surface area contributed by atoms with Crippen molar-refractivity contribution in [3.05, 3.63) is 24.3 Å². The van der Waals surface area contributed by atoms with Crippen LogP contribution < -0.4 is 15.4 Å². The van der Waals surface area contributed by atoms with Gasteiger partial charge in [-0.25, -0.2) is 13.1 Å². The first-order valence-electron chi connectivity index (χ1n) is 7.19. The lowest BCUT2D eigenvalue weighted by Gasteiger charge is -2.16. The van der Waals surface area contributed by atoms with E-state index in [2.05, 4.69) is 15.4 Å². The molecule has 0 spiro atoms. The Hall–Kier alpha value is -1.60. The molecule has 0 bridgehead atoms. The summed E-state index contributed by atoms with van der Waals surface area (Å²) in [6, 6.07) is 7.00. The van der Waals surface area contributed by atoms with Crippen LogP contribution in [0.2, 0.25) is 0 Å². The Balaban J connectivity index is 1.71. The van der Waals surface area contributed by atoms with Crippen LogP contribution in [-0.4, -0.2) is 33.0 Å². The summed E-state index contributed by atoms with van der Waals surface area (Å²) in [6.45, 7) is 0.529. The average molecular weight is 309 g/mol. The van der Waals surface area contributed by atoms with Crippen molar-refractivity contribution >= 4 is 21.6 Å². The third kappa shape index (κ3) is 3.54. The third-order valence-electron chi connectivity index (χ3n) is 3.70. The topological polar surface area (TPSA) is 87.3 Å². The minimum atomic E-state index is -3.48. The van der Waals surface area contributed by atoms with Gasteiger partial charge in [-0.2, -0.15) is 0 Å². The van der Waals surface area contributed by atoms with Crippen molar-refractivity contribution < 1.29 is 13.2 Å². The number of para-hydroxylation sites is 1. The third-order valence-corrected chi connectivity index (χ3v) is 5.28. The number of rotatable bonds is 6. The molecule has 3 rings (SSSR count). The summed E-state index contributed by atoms with van der Waals surface area (Å²) in [5.74, 6) is 0.0538. The van der Waals surface area contributed by atoms with Crippen LogP contribution >= 0.6 is 0 Å². The first kappa shape index (κ1) is 14.3. The lowest BCUT2D eigenvalue weighted by atomic mass is 10.2. The van der Waals surface area contributed by atoms with Gasteiger partial charge in [0.15, 0.2) is 0 Å². The molecular formula is C14H19N3O3S. The van der Waals surface area contributed by atoms with Crippen LogP contribution in [-0.2, 0) is 14.8 Å². The highest BCUT2D eigenvalue weighted by Crippen LogP contribution is 2.26. The number of amides is 1. The van der Waals surface area contributed by atoms with E-state index in [1.807, 2.05) is 0 Å². The van der Waals surface area contributed by atoms with Crippen molar-refractivity contribution in [3.8, 4) is 0 Å². The Bertz CT molecular complexity index is 641. The molecule has 1 saturated heterocycles. The Morgan fingerprint density at radius 2 is 1.95 bits per heavy atom. The van der Waals surface area contributed by atoms with Crippen LogP contribution in [0.4, 0.5) is 5.69 Å². The summed E-state index contributed by atoms with van der Waals surface area (Å²) in [5.41, 5.74) is 0.576. The fourth-order valence-electron chi connectivity index (χ4n) is 2.39. The molecule has 1 aromatic carbocycles. The highest BCUT2D eigenvalue weighted by atomic mass is 32.2. The van der Waals surface area contributed by atoms with E-state index in [9.17, 15) is 13.2 Å². The molecule has 6 nitrogen and oxygen atoms in total. The second kappa shape index (κ2) is 5.65. The number of anilines is 1. The molecular weight excluding hydrogens is 290 g/mol. The molecule has 0 aromatic heterocycles. The molecule has 2 aliphatic rings. The number of benzene rings is 1. The fourth-order valence-corrected chi connectivity index (χ4v) is 3.88. The molecule has 21 heavy (non-hydrogen) atoms. The predicted octanol–water partition coefficient (Wildman–Crippen LogP) is 0.818. The van der Waals surface area contributed by atoms with Crippen molar-refractivity contribution in [1.29, 1.82) is 0 Å². The SMILES string of the molecule is O=C1CCC(CNc2ccccc2S(=O)(=O)NC2CC2)N1. The molecule has 0 radical (unpaired) electrons. The second-order valence-electron chi connectivity index (χ2n) is 5.58. The molecule has 1 amide bonds. The van der Waals surface area contributed by atoms with Gasteiger partial charge in [-0.3, -0.25) is 4.79 Å². The van der Waals surface area contributed by atoms with Crippen molar-refractivity contribution in [2.45, 2.75) is 42.7 Å². The van der Waals surface area contributed by atoms with E-state index in [1.165, 1.54) is 0 Å². The van der Waals surface area contributed by atoms with Crippen LogP contribution in [0.3, 0.4) is 0 Å². The van der Waals surface area contributed by atoms with Gasteiger partial charge in [-0.05, 0) is 31.4 Å². The maximum atomic E-state index is 12.3. The van der Waals surface area contributed by atoms with Gasteiger partial charge in [0.05, 0.1) is 5.69 Å². The normalized spacial score (nSPS) is 22.1. The summed E-state index contributed by atoms with van der Waals surface area (Å²) in [7, 11) is -3.48. The van der Waals surface area contributed by atoms with Gasteiger partial charge in [-0.1, -0.05) is 12.1 Å². The molecule has 1 unspecified atom stereocenters. The zero-order valence-corrected chi connectivity index (χ0v) is 12.4. The fraction of sp³-hybridized carbons (Fsp3) is 0.500. The quantitative estimate of drug-likeness (QED) is 0.726. The van der Waals surface area contributed by atoms with Crippen molar-refractivity contribution in [1.82, 2.24) is 10.0 Å². The van der Waals surface area contributed by atoms with E-state index in [0.29, 0.717) is 18.7 Å². The maximum absolute atomic E-state index is 12.3. The molecule has 7 heteroatoms. The average Bonchev–Trinajstić information content (AvgIpc) is 3.15. The lowest BCUT2D eigenvalue weighted by molar-refractivity contribution is -0.119. The number of sulfonamides is 1. The summed E-state index contributed by atoms with van der Waals surface area (Å²) < 4.78 is 27.3. The smallest absolute Gasteiger partial charge is 0.242 e. The van der Waals surface area contributed by atoms with Crippen LogP contribution in [0, 0.1) is 0 Å². The predicted molar refractivity (Wildman–Crippen MR) is 79.4 cm³/mol. The Morgan fingerprint density at radius 3 is 2.62 bits per heavy atom. The van der Waals surface area contributed by atoms with Crippen LogP contribution in [0.5, 0.6) is 0 Å². The number of nitrogens with one attached hydrogen (secondary N) is 3. The Morgan fingerprint density at radius 1 is 1.19 bits per heavy atom. The monoisotopic (exact) mass is 309 g/mol. The summed E-state index contributed by atoms with van der Waals surface area (Å²) in [5, 5.41) is 6.00. The van der Waals surface area contributed by atoms with Gasteiger partial charge in [-0.15, -0.1) is 0 Å². The lowest BCUT2D eigenvalue weighted by Crippen LogP contribution is -2.32. The number of carbonyl (C=O) groups excluding carboxylic acids is 1. The van der Waals surface area contributed by atoms with Crippen molar-refractivity contribution in [2.24, 2.45) is 0 Å². The first-order valence-corrected chi connectivity index (χ1v) is 8.67. The highest BCUT2D eigenvalue weighted by Gasteiger charge is 2.29. The number of carbonyl (C=O) groups is 1. The van der Waals surface area contributed by atoms with E-state index in [1.54, 1.807) is 24.3 Å².